The van der Waals surface area contributed by atoms with Crippen molar-refractivity contribution in [1.29, 1.82) is 5.41 Å². The lowest BCUT2D eigenvalue weighted by Gasteiger charge is -2.10. The number of aromatic amines is 1. The molecule has 0 atom stereocenters. The zero-order chi connectivity index (χ0) is 12.6. The van der Waals surface area contributed by atoms with Gasteiger partial charge in [-0.25, -0.2) is 0 Å². The third kappa shape index (κ3) is 2.05. The third-order valence-electron chi connectivity index (χ3n) is 3.09. The van der Waals surface area contributed by atoms with E-state index >= 15 is 0 Å². The minimum absolute atomic E-state index is 0.508. The first-order chi connectivity index (χ1) is 8.04. The lowest BCUT2D eigenvalue weighted by atomic mass is 10.1. The van der Waals surface area contributed by atoms with Crippen molar-refractivity contribution >= 4 is 23.1 Å². The van der Waals surface area contributed by atoms with Gasteiger partial charge in [-0.05, 0) is 55.7 Å². The summed E-state index contributed by atoms with van der Waals surface area (Å²) in [5.41, 5.74) is 3.89. The smallest absolute Gasteiger partial charge is 0.179 e. The summed E-state index contributed by atoms with van der Waals surface area (Å²) in [6, 6.07) is 4.12. The highest BCUT2D eigenvalue weighted by molar-refractivity contribution is 7.71. The lowest BCUT2D eigenvalue weighted by molar-refractivity contribution is 0.623. The van der Waals surface area contributed by atoms with E-state index in [1.54, 1.807) is 0 Å². The zero-order valence-electron chi connectivity index (χ0n) is 10.4. The highest BCUT2D eigenvalue weighted by atomic mass is 32.1. The van der Waals surface area contributed by atoms with Gasteiger partial charge in [0.05, 0.1) is 5.52 Å². The van der Waals surface area contributed by atoms with Crippen LogP contribution in [0.4, 0.5) is 0 Å². The van der Waals surface area contributed by atoms with Gasteiger partial charge in [-0.2, -0.15) is 0 Å². The fourth-order valence-corrected chi connectivity index (χ4v) is 2.27. The number of benzene rings is 1. The zero-order valence-corrected chi connectivity index (χ0v) is 11.2. The van der Waals surface area contributed by atoms with E-state index in [0.29, 0.717) is 10.3 Å². The van der Waals surface area contributed by atoms with Crippen molar-refractivity contribution < 1.29 is 0 Å². The van der Waals surface area contributed by atoms with Gasteiger partial charge < -0.3 is 9.55 Å². The van der Waals surface area contributed by atoms with Crippen LogP contribution in [0.1, 0.15) is 24.5 Å². The molecule has 3 nitrogen and oxygen atoms in total. The Balaban J connectivity index is 2.88. The summed E-state index contributed by atoms with van der Waals surface area (Å²) in [5, 5.41) is 9.17. The number of hydrogen-bond donors (Lipinski definition) is 2. The highest BCUT2D eigenvalue weighted by Crippen LogP contribution is 2.14. The molecule has 90 valence electrons. The van der Waals surface area contributed by atoms with Gasteiger partial charge in [0, 0.05) is 11.9 Å². The van der Waals surface area contributed by atoms with Crippen LogP contribution >= 0.6 is 12.2 Å². The molecule has 0 fully saturated rings. The van der Waals surface area contributed by atoms with E-state index < -0.39 is 0 Å². The van der Waals surface area contributed by atoms with E-state index in [2.05, 4.69) is 37.9 Å². The number of nitrogens with one attached hydrogen (secondary N) is 2. The Labute approximate surface area is 106 Å². The maximum absolute atomic E-state index is 8.23. The minimum atomic E-state index is 0.508. The maximum atomic E-state index is 8.23. The van der Waals surface area contributed by atoms with Crippen molar-refractivity contribution in [2.75, 3.05) is 0 Å². The fraction of sp³-hybridized carbons (Fsp3) is 0.385. The molecule has 0 amide bonds. The van der Waals surface area contributed by atoms with Crippen LogP contribution in [0.15, 0.2) is 12.1 Å². The van der Waals surface area contributed by atoms with E-state index in [0.717, 1.165) is 23.9 Å². The average Bonchev–Trinajstić information content (AvgIpc) is 2.28. The van der Waals surface area contributed by atoms with E-state index in [9.17, 15) is 0 Å². The van der Waals surface area contributed by atoms with E-state index in [1.807, 2.05) is 4.57 Å². The maximum Gasteiger partial charge on any atom is 0.179 e. The summed E-state index contributed by atoms with van der Waals surface area (Å²) < 4.78 is 2.49. The molecule has 0 radical (unpaired) electrons. The van der Waals surface area contributed by atoms with Crippen LogP contribution in [0.25, 0.3) is 10.9 Å². The molecule has 0 unspecified atom stereocenters. The van der Waals surface area contributed by atoms with Gasteiger partial charge in [0.25, 0.3) is 0 Å². The number of H-pyrrole nitrogens is 1. The molecule has 0 aliphatic heterocycles. The Morgan fingerprint density at radius 2 is 1.94 bits per heavy atom. The van der Waals surface area contributed by atoms with Crippen molar-refractivity contribution in [3.63, 3.8) is 0 Å². The van der Waals surface area contributed by atoms with Crippen molar-refractivity contribution in [3.05, 3.63) is 33.5 Å². The standard InChI is InChI=1S/C13H17N3S/c1-4-5-16-12(14)10-6-8(2)9(3)7-11(10)15-13(16)17/h6-7,14H,4-5H2,1-3H3,(H,15,17). The summed E-state index contributed by atoms with van der Waals surface area (Å²) in [7, 11) is 0. The number of rotatable bonds is 2. The van der Waals surface area contributed by atoms with Crippen LogP contribution in [0.2, 0.25) is 0 Å². The molecule has 0 bridgehead atoms. The number of fused-ring (bicyclic) bond motifs is 1. The molecule has 0 saturated heterocycles. The Hall–Kier alpha value is -1.42. The average molecular weight is 247 g/mol. The predicted octanol–water partition coefficient (Wildman–Crippen LogP) is 3.21. The molecule has 1 aromatic carbocycles. The summed E-state index contributed by atoms with van der Waals surface area (Å²) >= 11 is 5.30. The van der Waals surface area contributed by atoms with Crippen LogP contribution in [0, 0.1) is 24.0 Å². The Kier molecular flexibility index (Phi) is 3.15. The van der Waals surface area contributed by atoms with E-state index in [4.69, 9.17) is 17.6 Å². The molecule has 4 heteroatoms. The van der Waals surface area contributed by atoms with Crippen molar-refractivity contribution in [2.45, 2.75) is 33.7 Å². The molecular weight excluding hydrogens is 230 g/mol. The summed E-state index contributed by atoms with van der Waals surface area (Å²) in [6.45, 7) is 7.02. The van der Waals surface area contributed by atoms with Gasteiger partial charge in [0.2, 0.25) is 0 Å². The van der Waals surface area contributed by atoms with Crippen LogP contribution in [-0.2, 0) is 6.54 Å². The topological polar surface area (TPSA) is 44.6 Å². The quantitative estimate of drug-likeness (QED) is 0.786. The molecule has 2 aromatic rings. The van der Waals surface area contributed by atoms with Gasteiger partial charge in [0.1, 0.15) is 5.49 Å². The first-order valence-electron chi connectivity index (χ1n) is 5.83. The molecule has 1 heterocycles. The molecule has 0 saturated carbocycles. The molecular formula is C13H17N3S. The molecule has 2 rings (SSSR count). The second-order valence-electron chi connectivity index (χ2n) is 4.41. The van der Waals surface area contributed by atoms with Crippen LogP contribution < -0.4 is 5.49 Å². The first-order valence-corrected chi connectivity index (χ1v) is 6.24. The van der Waals surface area contributed by atoms with Gasteiger partial charge in [-0.15, -0.1) is 0 Å². The Bertz CT molecular complexity index is 679. The third-order valence-corrected chi connectivity index (χ3v) is 3.42. The lowest BCUT2D eigenvalue weighted by Crippen LogP contribution is -2.22. The Morgan fingerprint density at radius 3 is 2.59 bits per heavy atom. The van der Waals surface area contributed by atoms with Crippen LogP contribution in [0.5, 0.6) is 0 Å². The van der Waals surface area contributed by atoms with Gasteiger partial charge in [-0.1, -0.05) is 6.92 Å². The first kappa shape index (κ1) is 12.0. The van der Waals surface area contributed by atoms with E-state index in [1.165, 1.54) is 11.1 Å². The second kappa shape index (κ2) is 4.45. The molecule has 1 aromatic heterocycles. The molecule has 0 aliphatic rings. The summed E-state index contributed by atoms with van der Waals surface area (Å²) in [4.78, 5) is 3.21. The van der Waals surface area contributed by atoms with E-state index in [-0.39, 0.29) is 0 Å². The van der Waals surface area contributed by atoms with Gasteiger partial charge in [0.15, 0.2) is 4.77 Å². The normalized spacial score (nSPS) is 11.0. The monoisotopic (exact) mass is 247 g/mol. The second-order valence-corrected chi connectivity index (χ2v) is 4.80. The number of aromatic nitrogens is 2. The van der Waals surface area contributed by atoms with Crippen molar-refractivity contribution in [3.8, 4) is 0 Å². The predicted molar refractivity (Wildman–Crippen MR) is 72.7 cm³/mol. The largest absolute Gasteiger partial charge is 0.332 e. The summed E-state index contributed by atoms with van der Waals surface area (Å²) in [5.74, 6) is 0. The Morgan fingerprint density at radius 1 is 1.29 bits per heavy atom. The van der Waals surface area contributed by atoms with Crippen LogP contribution in [0.3, 0.4) is 0 Å². The van der Waals surface area contributed by atoms with Crippen molar-refractivity contribution in [1.82, 2.24) is 9.55 Å². The SMILES string of the molecule is CCCn1c(=S)[nH]c2cc(C)c(C)cc2c1=N. The van der Waals surface area contributed by atoms with Gasteiger partial charge >= 0.3 is 0 Å². The van der Waals surface area contributed by atoms with Crippen molar-refractivity contribution in [2.24, 2.45) is 0 Å². The van der Waals surface area contributed by atoms with Crippen LogP contribution in [-0.4, -0.2) is 9.55 Å². The minimum Gasteiger partial charge on any atom is -0.332 e. The summed E-state index contributed by atoms with van der Waals surface area (Å²) in [6.07, 6.45) is 0.977. The number of hydrogen-bond acceptors (Lipinski definition) is 2. The highest BCUT2D eigenvalue weighted by Gasteiger charge is 2.04. The molecule has 17 heavy (non-hydrogen) atoms. The fourth-order valence-electron chi connectivity index (χ4n) is 1.98. The molecule has 0 spiro atoms. The number of nitrogens with zero attached hydrogens (tertiary/aromatic N) is 1. The molecule has 0 aliphatic carbocycles. The molecule has 2 N–H and O–H groups in total. The van der Waals surface area contributed by atoms with Gasteiger partial charge in [-0.3, -0.25) is 5.41 Å². The number of aryl methyl sites for hydroxylation is 2.